The van der Waals surface area contributed by atoms with Gasteiger partial charge in [0.15, 0.2) is 0 Å². The molecule has 0 saturated carbocycles. The second-order valence-corrected chi connectivity index (χ2v) is 7.32. The van der Waals surface area contributed by atoms with Gasteiger partial charge in [-0.2, -0.15) is 9.97 Å². The predicted octanol–water partition coefficient (Wildman–Crippen LogP) is 3.83. The number of nitrogens with zero attached hydrogens (tertiary/aromatic N) is 4. The molecule has 2 rings (SSSR count). The summed E-state index contributed by atoms with van der Waals surface area (Å²) in [4.78, 5) is 22.4. The number of aromatic nitrogens is 2. The van der Waals surface area contributed by atoms with Crippen molar-refractivity contribution in [3.63, 3.8) is 0 Å². The van der Waals surface area contributed by atoms with E-state index in [1.165, 1.54) is 18.2 Å². The van der Waals surface area contributed by atoms with E-state index >= 15 is 0 Å². The van der Waals surface area contributed by atoms with Crippen molar-refractivity contribution in [2.24, 2.45) is 5.16 Å². The van der Waals surface area contributed by atoms with Gasteiger partial charge in [0.2, 0.25) is 11.8 Å². The molecule has 0 fully saturated rings. The summed E-state index contributed by atoms with van der Waals surface area (Å²) < 4.78 is 11.3. The van der Waals surface area contributed by atoms with Crippen molar-refractivity contribution in [3.05, 3.63) is 54.1 Å². The van der Waals surface area contributed by atoms with Crippen LogP contribution in [0.4, 0.5) is 16.6 Å². The molecular weight excluding hydrogens is 386 g/mol. The van der Waals surface area contributed by atoms with E-state index in [2.05, 4.69) is 27.0 Å². The lowest BCUT2D eigenvalue weighted by molar-refractivity contribution is 0.0587. The van der Waals surface area contributed by atoms with Crippen molar-refractivity contribution in [1.29, 1.82) is 0 Å². The fraction of sp³-hybridized carbons (Fsp3) is 0.333. The molecule has 0 bridgehead atoms. The van der Waals surface area contributed by atoms with Gasteiger partial charge < -0.3 is 20.0 Å². The molecule has 0 unspecified atom stereocenters. The molecule has 9 heteroatoms. The van der Waals surface area contributed by atoms with Gasteiger partial charge in [0.1, 0.15) is 23.6 Å². The van der Waals surface area contributed by atoms with Crippen LogP contribution in [0, 0.1) is 0 Å². The summed E-state index contributed by atoms with van der Waals surface area (Å²) >= 11 is 0. The van der Waals surface area contributed by atoms with Gasteiger partial charge in [-0.1, -0.05) is 41.6 Å². The number of oxime groups is 1. The first-order chi connectivity index (χ1) is 14.2. The second-order valence-electron chi connectivity index (χ2n) is 7.32. The van der Waals surface area contributed by atoms with Crippen molar-refractivity contribution in [2.45, 2.75) is 33.0 Å². The topological polar surface area (TPSA) is 109 Å². The highest BCUT2D eigenvalue weighted by Gasteiger charge is 2.24. The van der Waals surface area contributed by atoms with Crippen molar-refractivity contribution in [2.75, 3.05) is 23.8 Å². The molecule has 9 nitrogen and oxygen atoms in total. The molecule has 1 heterocycles. The summed E-state index contributed by atoms with van der Waals surface area (Å²) in [6, 6.07) is 9.52. The van der Waals surface area contributed by atoms with Gasteiger partial charge in [-0.05, 0) is 26.3 Å². The lowest BCUT2D eigenvalue weighted by atomic mass is 10.2. The van der Waals surface area contributed by atoms with E-state index in [0.717, 1.165) is 5.56 Å². The first-order valence-corrected chi connectivity index (χ1v) is 9.33. The minimum absolute atomic E-state index is 0.0639. The molecule has 1 aromatic heterocycles. The van der Waals surface area contributed by atoms with Crippen LogP contribution in [0.5, 0.6) is 5.88 Å². The number of carbonyl (C=O) groups excluding carboxylic acids is 1. The molecule has 2 N–H and O–H groups in total. The number of carbonyl (C=O) groups is 1. The third-order valence-corrected chi connectivity index (χ3v) is 3.69. The lowest BCUT2D eigenvalue weighted by Gasteiger charge is -2.24. The Bertz CT molecular complexity index is 894. The van der Waals surface area contributed by atoms with Gasteiger partial charge in [0, 0.05) is 13.6 Å². The first-order valence-electron chi connectivity index (χ1n) is 9.33. The molecular formula is C21H27N5O4. The molecule has 160 valence electrons. The van der Waals surface area contributed by atoms with Crippen LogP contribution in [0.15, 0.2) is 48.1 Å². The number of hydrogen-bond donors (Lipinski definition) is 2. The van der Waals surface area contributed by atoms with Crippen molar-refractivity contribution in [3.8, 4) is 5.88 Å². The predicted molar refractivity (Wildman–Crippen MR) is 116 cm³/mol. The molecule has 0 aliphatic rings. The van der Waals surface area contributed by atoms with E-state index in [1.54, 1.807) is 26.8 Å². The normalized spacial score (nSPS) is 11.2. The first kappa shape index (κ1) is 22.7. The summed E-state index contributed by atoms with van der Waals surface area (Å²) in [5, 5.41) is 15.2. The summed E-state index contributed by atoms with van der Waals surface area (Å²) in [7, 11) is 1.50. The third-order valence-electron chi connectivity index (χ3n) is 3.69. The van der Waals surface area contributed by atoms with Gasteiger partial charge >= 0.3 is 6.09 Å². The molecule has 0 saturated heterocycles. The van der Waals surface area contributed by atoms with E-state index in [-0.39, 0.29) is 18.4 Å². The van der Waals surface area contributed by atoms with E-state index in [0.29, 0.717) is 17.9 Å². The van der Waals surface area contributed by atoms with Crippen LogP contribution in [0.1, 0.15) is 31.9 Å². The maximum atomic E-state index is 12.5. The van der Waals surface area contributed by atoms with E-state index in [1.807, 2.05) is 30.3 Å². The van der Waals surface area contributed by atoms with E-state index in [4.69, 9.17) is 14.7 Å². The highest BCUT2D eigenvalue weighted by Crippen LogP contribution is 2.26. The number of benzene rings is 1. The Hall–Kier alpha value is -3.62. The van der Waals surface area contributed by atoms with Gasteiger partial charge in [0.05, 0.1) is 6.21 Å². The van der Waals surface area contributed by atoms with Gasteiger partial charge in [-0.3, -0.25) is 0 Å². The van der Waals surface area contributed by atoms with Gasteiger partial charge in [-0.25, -0.2) is 9.69 Å². The summed E-state index contributed by atoms with van der Waals surface area (Å²) in [5.74, 6) is 0.522. The monoisotopic (exact) mass is 413 g/mol. The van der Waals surface area contributed by atoms with Crippen LogP contribution in [-0.4, -0.2) is 46.7 Å². The molecule has 1 aromatic carbocycles. The zero-order chi connectivity index (χ0) is 22.1. The Kier molecular flexibility index (Phi) is 7.74. The molecule has 0 aliphatic heterocycles. The van der Waals surface area contributed by atoms with Gasteiger partial charge in [-0.15, -0.1) is 6.58 Å². The summed E-state index contributed by atoms with van der Waals surface area (Å²) in [6.07, 6.45) is 2.20. The Labute approximate surface area is 176 Å². The lowest BCUT2D eigenvalue weighted by Crippen LogP contribution is -2.35. The zero-order valence-corrected chi connectivity index (χ0v) is 17.6. The Balaban J connectivity index is 2.43. The van der Waals surface area contributed by atoms with E-state index < -0.39 is 11.7 Å². The highest BCUT2D eigenvalue weighted by molar-refractivity contribution is 5.91. The molecule has 0 atom stereocenters. The largest absolute Gasteiger partial charge is 0.472 e. The molecule has 30 heavy (non-hydrogen) atoms. The third kappa shape index (κ3) is 6.47. The van der Waals surface area contributed by atoms with Crippen LogP contribution in [0.2, 0.25) is 0 Å². The number of nitrogens with one attached hydrogen (secondary N) is 1. The number of amides is 1. The number of anilines is 2. The van der Waals surface area contributed by atoms with Crippen LogP contribution in [-0.2, 0) is 11.3 Å². The number of ether oxygens (including phenoxy) is 2. The summed E-state index contributed by atoms with van der Waals surface area (Å²) in [5.41, 5.74) is 0.577. The fourth-order valence-corrected chi connectivity index (χ4v) is 2.31. The summed E-state index contributed by atoms with van der Waals surface area (Å²) in [6.45, 7) is 9.59. The number of rotatable bonds is 8. The van der Waals surface area contributed by atoms with Crippen molar-refractivity contribution in [1.82, 2.24) is 9.97 Å². The van der Waals surface area contributed by atoms with Crippen LogP contribution in [0.25, 0.3) is 0 Å². The average molecular weight is 413 g/mol. The van der Waals surface area contributed by atoms with Crippen molar-refractivity contribution >= 4 is 24.1 Å². The average Bonchev–Trinajstić information content (AvgIpc) is 2.70. The Morgan fingerprint density at radius 3 is 2.60 bits per heavy atom. The second kappa shape index (κ2) is 10.2. The van der Waals surface area contributed by atoms with Crippen LogP contribution >= 0.6 is 0 Å². The fourth-order valence-electron chi connectivity index (χ4n) is 2.31. The van der Waals surface area contributed by atoms with Crippen LogP contribution in [0.3, 0.4) is 0 Å². The quantitative estimate of drug-likeness (QED) is 0.293. The number of hydrogen-bond acceptors (Lipinski definition) is 8. The van der Waals surface area contributed by atoms with Gasteiger partial charge in [0.25, 0.3) is 0 Å². The maximum Gasteiger partial charge on any atom is 0.416 e. The standard InChI is InChI=1S/C21H27N5O4/c1-6-12-22-17-16(13-23-28)18(29-14-15-10-8-7-9-11-15)25-19(24-17)26(5)20(27)30-21(2,3)4/h6-11,13,28H,1,12,14H2,2-5H3,(H,22,24,25)/b23-13-. The minimum atomic E-state index is -0.675. The zero-order valence-electron chi connectivity index (χ0n) is 17.6. The SMILES string of the molecule is C=CCNc1nc(N(C)C(=O)OC(C)(C)C)nc(OCc2ccccc2)c1/C=N\O. The molecule has 0 spiro atoms. The molecule has 1 amide bonds. The van der Waals surface area contributed by atoms with Crippen LogP contribution < -0.4 is 15.0 Å². The smallest absolute Gasteiger partial charge is 0.416 e. The Morgan fingerprint density at radius 2 is 2.00 bits per heavy atom. The highest BCUT2D eigenvalue weighted by atomic mass is 16.6. The van der Waals surface area contributed by atoms with E-state index in [9.17, 15) is 4.79 Å². The molecule has 0 radical (unpaired) electrons. The Morgan fingerprint density at radius 1 is 1.30 bits per heavy atom. The molecule has 0 aliphatic carbocycles. The molecule has 2 aromatic rings. The minimum Gasteiger partial charge on any atom is -0.472 e. The maximum absolute atomic E-state index is 12.5. The van der Waals surface area contributed by atoms with Crippen molar-refractivity contribution < 1.29 is 19.5 Å².